The van der Waals surface area contributed by atoms with Gasteiger partial charge in [-0.15, -0.1) is 11.3 Å². The van der Waals surface area contributed by atoms with E-state index in [0.717, 1.165) is 18.0 Å². The first kappa shape index (κ1) is 22.7. The van der Waals surface area contributed by atoms with Crippen LogP contribution < -0.4 is 34.1 Å². The molecule has 0 spiro atoms. The van der Waals surface area contributed by atoms with Gasteiger partial charge in [0.05, 0.1) is 16.3 Å². The Morgan fingerprint density at radius 2 is 1.86 bits per heavy atom. The van der Waals surface area contributed by atoms with Gasteiger partial charge in [-0.25, -0.2) is 0 Å². The third-order valence-corrected chi connectivity index (χ3v) is 6.83. The molecule has 2 aromatic heterocycles. The molecule has 4 aromatic rings. The molecular formula is C26H23N3O5S. The zero-order chi connectivity index (χ0) is 24.5. The number of carbonyl (C=O) groups excluding carboxylic acids is 1. The predicted molar refractivity (Wildman–Crippen MR) is 131 cm³/mol. The molecule has 0 fully saturated rings. The fourth-order valence-corrected chi connectivity index (χ4v) is 5.21. The van der Waals surface area contributed by atoms with E-state index >= 15 is 0 Å². The predicted octanol–water partition coefficient (Wildman–Crippen LogP) is 1.08. The summed E-state index contributed by atoms with van der Waals surface area (Å²) < 4.78 is 16.2. The molecule has 1 aliphatic heterocycles. The molecule has 2 aromatic carbocycles. The first-order chi connectivity index (χ1) is 17.0. The second-order valence-corrected chi connectivity index (χ2v) is 8.91. The van der Waals surface area contributed by atoms with Gasteiger partial charge in [0, 0.05) is 25.2 Å². The molecule has 35 heavy (non-hydrogen) atoms. The lowest BCUT2D eigenvalue weighted by molar-refractivity contribution is -0.672. The van der Waals surface area contributed by atoms with Crippen LogP contribution in [0.25, 0.3) is 23.3 Å². The number of carboxylic acid groups (broad SMARTS) is 1. The lowest BCUT2D eigenvalue weighted by Gasteiger charge is -2.14. The van der Waals surface area contributed by atoms with Crippen molar-refractivity contribution >= 4 is 46.2 Å². The van der Waals surface area contributed by atoms with Crippen LogP contribution >= 0.6 is 11.3 Å². The Labute approximate surface area is 204 Å². The molecule has 0 saturated heterocycles. The third kappa shape index (κ3) is 4.15. The number of benzene rings is 2. The summed E-state index contributed by atoms with van der Waals surface area (Å²) in [5.41, 5.74) is 2.04. The second kappa shape index (κ2) is 9.27. The van der Waals surface area contributed by atoms with E-state index in [4.69, 9.17) is 9.15 Å². The maximum atomic E-state index is 13.1. The van der Waals surface area contributed by atoms with Crippen LogP contribution in [0.2, 0.25) is 0 Å². The number of nitrogens with zero attached hydrogens (tertiary/aromatic N) is 3. The van der Waals surface area contributed by atoms with Crippen molar-refractivity contribution in [2.75, 3.05) is 11.4 Å². The Balaban J connectivity index is 1.61. The number of para-hydroxylation sites is 4. The van der Waals surface area contributed by atoms with Gasteiger partial charge in [-0.3, -0.25) is 9.36 Å². The molecule has 0 saturated carbocycles. The quantitative estimate of drug-likeness (QED) is 0.377. The Hall–Kier alpha value is -4.11. The molecule has 1 aliphatic rings. The van der Waals surface area contributed by atoms with Crippen molar-refractivity contribution in [1.82, 2.24) is 4.57 Å². The van der Waals surface area contributed by atoms with E-state index in [1.807, 2.05) is 55.1 Å². The van der Waals surface area contributed by atoms with Gasteiger partial charge in [-0.2, -0.15) is 4.57 Å². The fraction of sp³-hybridized carbons (Fsp3) is 0.192. The number of aromatic nitrogens is 2. The SMILES string of the molecule is CCN1/C(=C\C=c2/sc(=Cc3oc4ccccc4[n+]3CC(=O)[O-])n(CC)c2=O)Oc2ccccc21. The van der Waals surface area contributed by atoms with Gasteiger partial charge in [0.25, 0.3) is 11.1 Å². The molecule has 3 heterocycles. The van der Waals surface area contributed by atoms with Crippen LogP contribution in [0.15, 0.2) is 69.7 Å². The zero-order valence-electron chi connectivity index (χ0n) is 19.3. The minimum absolute atomic E-state index is 0.137. The number of aliphatic carboxylic acids is 1. The van der Waals surface area contributed by atoms with Crippen LogP contribution in [0.1, 0.15) is 19.7 Å². The minimum Gasteiger partial charge on any atom is -0.544 e. The standard InChI is InChI=1S/C26H23N3O5S/c1-3-27-17-9-5-7-11-19(17)33-22(27)14-13-21-26(32)28(4-2)24(35-21)15-23-29(16-25(30)31)18-10-6-8-12-20(18)34-23/h5-15H,3-4,16H2,1-2H3/b21-13-,22-14+. The van der Waals surface area contributed by atoms with Gasteiger partial charge in [0.1, 0.15) is 10.6 Å². The van der Waals surface area contributed by atoms with Crippen molar-refractivity contribution in [2.24, 2.45) is 0 Å². The molecule has 0 amide bonds. The van der Waals surface area contributed by atoms with E-state index in [1.54, 1.807) is 34.9 Å². The Kier molecular flexibility index (Phi) is 6.00. The maximum Gasteiger partial charge on any atom is 0.377 e. The summed E-state index contributed by atoms with van der Waals surface area (Å²) in [5, 5.41) is 11.4. The average molecular weight is 490 g/mol. The summed E-state index contributed by atoms with van der Waals surface area (Å²) in [5.74, 6) is 0.533. The lowest BCUT2D eigenvalue weighted by Crippen LogP contribution is -2.45. The highest BCUT2D eigenvalue weighted by atomic mass is 32.1. The summed E-state index contributed by atoms with van der Waals surface area (Å²) >= 11 is 1.30. The summed E-state index contributed by atoms with van der Waals surface area (Å²) in [7, 11) is 0. The second-order valence-electron chi connectivity index (χ2n) is 7.85. The molecule has 9 heteroatoms. The lowest BCUT2D eigenvalue weighted by atomic mass is 10.3. The smallest absolute Gasteiger partial charge is 0.377 e. The van der Waals surface area contributed by atoms with E-state index < -0.39 is 5.97 Å². The first-order valence-corrected chi connectivity index (χ1v) is 12.1. The van der Waals surface area contributed by atoms with Crippen molar-refractivity contribution in [3.63, 3.8) is 0 Å². The van der Waals surface area contributed by atoms with E-state index in [0.29, 0.717) is 38.6 Å². The maximum absolute atomic E-state index is 13.1. The number of rotatable bonds is 6. The van der Waals surface area contributed by atoms with E-state index in [1.165, 1.54) is 15.9 Å². The molecule has 0 radical (unpaired) electrons. The topological polar surface area (TPSA) is 91.6 Å². The highest BCUT2D eigenvalue weighted by molar-refractivity contribution is 7.07. The summed E-state index contributed by atoms with van der Waals surface area (Å²) in [6.07, 6.45) is 5.26. The largest absolute Gasteiger partial charge is 0.544 e. The van der Waals surface area contributed by atoms with E-state index in [2.05, 4.69) is 0 Å². The fourth-order valence-electron chi connectivity index (χ4n) is 4.16. The summed E-state index contributed by atoms with van der Waals surface area (Å²) in [6, 6.07) is 15.0. The van der Waals surface area contributed by atoms with Gasteiger partial charge in [0.15, 0.2) is 12.3 Å². The Morgan fingerprint density at radius 3 is 2.63 bits per heavy atom. The van der Waals surface area contributed by atoms with Crippen molar-refractivity contribution in [2.45, 2.75) is 26.9 Å². The van der Waals surface area contributed by atoms with Crippen LogP contribution in [-0.2, 0) is 17.9 Å². The van der Waals surface area contributed by atoms with Gasteiger partial charge in [-0.05, 0) is 38.1 Å². The molecule has 0 N–H and O–H groups in total. The molecule has 8 nitrogen and oxygen atoms in total. The van der Waals surface area contributed by atoms with E-state index in [9.17, 15) is 14.7 Å². The summed E-state index contributed by atoms with van der Waals surface area (Å²) in [4.78, 5) is 26.5. The van der Waals surface area contributed by atoms with Gasteiger partial charge >= 0.3 is 5.89 Å². The summed E-state index contributed by atoms with van der Waals surface area (Å²) in [6.45, 7) is 4.74. The number of thiazole rings is 1. The number of anilines is 1. The third-order valence-electron chi connectivity index (χ3n) is 5.75. The number of hydrogen-bond donors (Lipinski definition) is 0. The van der Waals surface area contributed by atoms with Gasteiger partial charge in [-0.1, -0.05) is 24.3 Å². The number of carboxylic acids is 1. The van der Waals surface area contributed by atoms with Crippen LogP contribution in [0.5, 0.6) is 5.75 Å². The van der Waals surface area contributed by atoms with Crippen LogP contribution in [0.3, 0.4) is 0 Å². The number of carbonyl (C=O) groups is 1. The highest BCUT2D eigenvalue weighted by Crippen LogP contribution is 2.38. The molecule has 0 atom stereocenters. The molecule has 0 unspecified atom stereocenters. The minimum atomic E-state index is -1.23. The van der Waals surface area contributed by atoms with Crippen molar-refractivity contribution < 1.29 is 23.6 Å². The Morgan fingerprint density at radius 1 is 1.09 bits per heavy atom. The number of oxazole rings is 1. The van der Waals surface area contributed by atoms with Crippen molar-refractivity contribution in [3.05, 3.63) is 85.9 Å². The van der Waals surface area contributed by atoms with Gasteiger partial charge < -0.3 is 24.0 Å². The average Bonchev–Trinajstić information content (AvgIpc) is 3.48. The molecule has 178 valence electrons. The first-order valence-electron chi connectivity index (χ1n) is 11.3. The van der Waals surface area contributed by atoms with Crippen molar-refractivity contribution in [1.29, 1.82) is 0 Å². The number of allylic oxidation sites excluding steroid dienone is 1. The molecule has 5 rings (SSSR count). The van der Waals surface area contributed by atoms with Crippen LogP contribution in [0, 0.1) is 0 Å². The number of hydrogen-bond acceptors (Lipinski definition) is 7. The number of fused-ring (bicyclic) bond motifs is 2. The Bertz CT molecular complexity index is 1640. The highest BCUT2D eigenvalue weighted by Gasteiger charge is 2.24. The molecular weight excluding hydrogens is 466 g/mol. The number of ether oxygens (including phenoxy) is 1. The zero-order valence-corrected chi connectivity index (χ0v) is 20.1. The monoisotopic (exact) mass is 489 g/mol. The molecule has 0 aliphatic carbocycles. The van der Waals surface area contributed by atoms with Crippen LogP contribution in [-0.4, -0.2) is 17.1 Å². The van der Waals surface area contributed by atoms with E-state index in [-0.39, 0.29) is 12.1 Å². The normalized spacial score (nSPS) is 15.3. The van der Waals surface area contributed by atoms with Crippen LogP contribution in [0.4, 0.5) is 5.69 Å². The van der Waals surface area contributed by atoms with Gasteiger partial charge in [0.2, 0.25) is 11.5 Å². The molecule has 0 bridgehead atoms. The van der Waals surface area contributed by atoms with Crippen molar-refractivity contribution in [3.8, 4) is 5.75 Å².